The van der Waals surface area contributed by atoms with Crippen LogP contribution in [0.2, 0.25) is 0 Å². The van der Waals surface area contributed by atoms with E-state index >= 15 is 0 Å². The first-order chi connectivity index (χ1) is 8.90. The number of benzene rings is 1. The molecule has 0 aromatic heterocycles. The van der Waals surface area contributed by atoms with Crippen molar-refractivity contribution in [3.05, 3.63) is 34.9 Å². The third-order valence-corrected chi connectivity index (χ3v) is 2.56. The molecule has 102 valence electrons. The maximum Gasteiger partial charge on any atom is 0.257 e. The number of carbonyl (C=O) groups excluding carboxylic acids is 3. The van der Waals surface area contributed by atoms with Crippen molar-refractivity contribution in [3.8, 4) is 0 Å². The summed E-state index contributed by atoms with van der Waals surface area (Å²) in [6.07, 6.45) is 0. The van der Waals surface area contributed by atoms with Gasteiger partial charge in [0.25, 0.3) is 11.8 Å². The maximum absolute atomic E-state index is 11.8. The van der Waals surface area contributed by atoms with Gasteiger partial charge in [-0.2, -0.15) is 0 Å². The lowest BCUT2D eigenvalue weighted by Crippen LogP contribution is -2.45. The molecule has 3 N–H and O–H groups in total. The van der Waals surface area contributed by atoms with Gasteiger partial charge in [0, 0.05) is 12.5 Å². The van der Waals surface area contributed by atoms with E-state index in [1.54, 1.807) is 12.1 Å². The van der Waals surface area contributed by atoms with Gasteiger partial charge >= 0.3 is 0 Å². The van der Waals surface area contributed by atoms with Crippen LogP contribution in [0.1, 0.15) is 28.4 Å². The highest BCUT2D eigenvalue weighted by Crippen LogP contribution is 2.09. The molecule has 0 saturated carbocycles. The molecule has 0 aliphatic heterocycles. The van der Waals surface area contributed by atoms with E-state index in [0.29, 0.717) is 5.56 Å². The summed E-state index contributed by atoms with van der Waals surface area (Å²) in [6.45, 7) is 4.94. The molecule has 3 amide bonds. The Morgan fingerprint density at radius 3 is 2.32 bits per heavy atom. The molecule has 19 heavy (non-hydrogen) atoms. The second-order valence-electron chi connectivity index (χ2n) is 4.21. The molecule has 0 fully saturated rings. The van der Waals surface area contributed by atoms with Crippen LogP contribution >= 0.6 is 0 Å². The molecule has 0 bridgehead atoms. The Bertz CT molecular complexity index is 512. The molecule has 1 rings (SSSR count). The molecule has 0 aliphatic rings. The molecule has 1 aromatic rings. The molecule has 0 saturated heterocycles. The molecular weight excluding hydrogens is 246 g/mol. The van der Waals surface area contributed by atoms with E-state index in [0.717, 1.165) is 11.1 Å². The molecule has 0 spiro atoms. The van der Waals surface area contributed by atoms with Crippen LogP contribution in [-0.2, 0) is 9.59 Å². The van der Waals surface area contributed by atoms with Crippen molar-refractivity contribution in [3.63, 3.8) is 0 Å². The van der Waals surface area contributed by atoms with E-state index in [1.807, 2.05) is 19.9 Å². The summed E-state index contributed by atoms with van der Waals surface area (Å²) in [7, 11) is 0. The molecule has 0 aliphatic carbocycles. The summed E-state index contributed by atoms with van der Waals surface area (Å²) in [5.74, 6) is -1.21. The summed E-state index contributed by atoms with van der Waals surface area (Å²) in [5.41, 5.74) is 6.89. The average Bonchev–Trinajstić information content (AvgIpc) is 2.36. The summed E-state index contributed by atoms with van der Waals surface area (Å²) >= 11 is 0. The first-order valence-electron chi connectivity index (χ1n) is 5.81. The quantitative estimate of drug-likeness (QED) is 0.681. The zero-order valence-electron chi connectivity index (χ0n) is 11.2. The van der Waals surface area contributed by atoms with Gasteiger partial charge in [-0.1, -0.05) is 6.07 Å². The minimum Gasteiger partial charge on any atom is -0.343 e. The van der Waals surface area contributed by atoms with Crippen molar-refractivity contribution in [1.29, 1.82) is 0 Å². The summed E-state index contributed by atoms with van der Waals surface area (Å²) in [4.78, 5) is 33.6. The number of hydrogen-bond donors (Lipinski definition) is 3. The van der Waals surface area contributed by atoms with Crippen molar-refractivity contribution in [2.24, 2.45) is 0 Å². The second kappa shape index (κ2) is 6.53. The van der Waals surface area contributed by atoms with E-state index in [9.17, 15) is 14.4 Å². The van der Waals surface area contributed by atoms with Crippen LogP contribution in [0.25, 0.3) is 0 Å². The monoisotopic (exact) mass is 263 g/mol. The molecular formula is C13H17N3O3. The van der Waals surface area contributed by atoms with Gasteiger partial charge in [-0.05, 0) is 37.1 Å². The van der Waals surface area contributed by atoms with Crippen LogP contribution in [0.5, 0.6) is 0 Å². The first kappa shape index (κ1) is 14.7. The number of aryl methyl sites for hydroxylation is 2. The third kappa shape index (κ3) is 4.79. The SMILES string of the molecule is CC(=O)NNC(=O)CNC(=O)c1ccc(C)c(C)c1. The highest BCUT2D eigenvalue weighted by atomic mass is 16.2. The Morgan fingerprint density at radius 1 is 1.05 bits per heavy atom. The predicted octanol–water partition coefficient (Wildman–Crippen LogP) is 0.201. The van der Waals surface area contributed by atoms with Crippen molar-refractivity contribution in [2.75, 3.05) is 6.54 Å². The van der Waals surface area contributed by atoms with Gasteiger partial charge < -0.3 is 5.32 Å². The zero-order chi connectivity index (χ0) is 14.4. The largest absolute Gasteiger partial charge is 0.343 e. The molecule has 6 heteroatoms. The average molecular weight is 263 g/mol. The highest BCUT2D eigenvalue weighted by Gasteiger charge is 2.08. The smallest absolute Gasteiger partial charge is 0.257 e. The fourth-order valence-corrected chi connectivity index (χ4v) is 1.35. The van der Waals surface area contributed by atoms with Gasteiger partial charge in [0.1, 0.15) is 0 Å². The minimum absolute atomic E-state index is 0.202. The molecule has 0 atom stereocenters. The van der Waals surface area contributed by atoms with E-state index in [2.05, 4.69) is 16.2 Å². The molecule has 0 unspecified atom stereocenters. The van der Waals surface area contributed by atoms with Gasteiger partial charge in [-0.3, -0.25) is 25.2 Å². The minimum atomic E-state index is -0.493. The van der Waals surface area contributed by atoms with Crippen LogP contribution in [0.15, 0.2) is 18.2 Å². The lowest BCUT2D eigenvalue weighted by atomic mass is 10.1. The molecule has 1 aromatic carbocycles. The second-order valence-corrected chi connectivity index (χ2v) is 4.21. The predicted molar refractivity (Wildman–Crippen MR) is 70.2 cm³/mol. The number of hydrogen-bond acceptors (Lipinski definition) is 3. The van der Waals surface area contributed by atoms with Crippen LogP contribution in [-0.4, -0.2) is 24.3 Å². The van der Waals surface area contributed by atoms with E-state index < -0.39 is 5.91 Å². The van der Waals surface area contributed by atoms with Gasteiger partial charge in [0.15, 0.2) is 0 Å². The Morgan fingerprint density at radius 2 is 1.74 bits per heavy atom. The number of nitrogens with one attached hydrogen (secondary N) is 3. The number of hydrazine groups is 1. The fourth-order valence-electron chi connectivity index (χ4n) is 1.35. The maximum atomic E-state index is 11.8. The zero-order valence-corrected chi connectivity index (χ0v) is 11.2. The van der Waals surface area contributed by atoms with Crippen molar-refractivity contribution in [1.82, 2.24) is 16.2 Å². The van der Waals surface area contributed by atoms with Crippen molar-refractivity contribution < 1.29 is 14.4 Å². The van der Waals surface area contributed by atoms with Crippen LogP contribution in [0.4, 0.5) is 0 Å². The topological polar surface area (TPSA) is 87.3 Å². The first-order valence-corrected chi connectivity index (χ1v) is 5.81. The summed E-state index contributed by atoms with van der Waals surface area (Å²) < 4.78 is 0. The summed E-state index contributed by atoms with van der Waals surface area (Å²) in [5, 5.41) is 2.47. The number of rotatable bonds is 3. The van der Waals surface area contributed by atoms with Gasteiger partial charge in [0.2, 0.25) is 5.91 Å². The van der Waals surface area contributed by atoms with Crippen LogP contribution < -0.4 is 16.2 Å². The summed E-state index contributed by atoms with van der Waals surface area (Å²) in [6, 6.07) is 5.31. The molecule has 6 nitrogen and oxygen atoms in total. The van der Waals surface area contributed by atoms with E-state index in [1.165, 1.54) is 6.92 Å². The molecule has 0 heterocycles. The standard InChI is InChI=1S/C13H17N3O3/c1-8-4-5-11(6-9(8)2)13(19)14-7-12(18)16-15-10(3)17/h4-6H,7H2,1-3H3,(H,14,19)(H,15,17)(H,16,18). The van der Waals surface area contributed by atoms with Crippen LogP contribution in [0.3, 0.4) is 0 Å². The van der Waals surface area contributed by atoms with E-state index in [-0.39, 0.29) is 18.4 Å². The van der Waals surface area contributed by atoms with Gasteiger partial charge in [-0.25, -0.2) is 0 Å². The Balaban J connectivity index is 2.49. The highest BCUT2D eigenvalue weighted by molar-refractivity contribution is 5.96. The molecule has 0 radical (unpaired) electrons. The Hall–Kier alpha value is -2.37. The van der Waals surface area contributed by atoms with Crippen molar-refractivity contribution in [2.45, 2.75) is 20.8 Å². The van der Waals surface area contributed by atoms with Crippen molar-refractivity contribution >= 4 is 17.7 Å². The Kier molecular flexibility index (Phi) is 5.05. The number of carbonyl (C=O) groups is 3. The Labute approximate surface area is 111 Å². The number of amides is 3. The lowest BCUT2D eigenvalue weighted by molar-refractivity contribution is -0.127. The third-order valence-electron chi connectivity index (χ3n) is 2.56. The van der Waals surface area contributed by atoms with Crippen LogP contribution in [0, 0.1) is 13.8 Å². The van der Waals surface area contributed by atoms with Gasteiger partial charge in [-0.15, -0.1) is 0 Å². The fraction of sp³-hybridized carbons (Fsp3) is 0.308. The van der Waals surface area contributed by atoms with E-state index in [4.69, 9.17) is 0 Å². The normalized spacial score (nSPS) is 9.63. The van der Waals surface area contributed by atoms with Gasteiger partial charge in [0.05, 0.1) is 6.54 Å². The lowest BCUT2D eigenvalue weighted by Gasteiger charge is -2.08.